The van der Waals surface area contributed by atoms with Crippen LogP contribution in [0.5, 0.6) is 0 Å². The van der Waals surface area contributed by atoms with E-state index >= 15 is 0 Å². The van der Waals surface area contributed by atoms with Gasteiger partial charge in [-0.3, -0.25) is 9.59 Å². The minimum Gasteiger partial charge on any atom is -0.481 e. The molecule has 1 rings (SSSR count). The number of rotatable bonds is 6. The Balaban J connectivity index is 2.46. The highest BCUT2D eigenvalue weighted by Gasteiger charge is 2.34. The Labute approximate surface area is 95.0 Å². The lowest BCUT2D eigenvalue weighted by molar-refractivity contribution is -0.138. The van der Waals surface area contributed by atoms with Gasteiger partial charge in [-0.2, -0.15) is 0 Å². The van der Waals surface area contributed by atoms with Crippen molar-refractivity contribution in [2.75, 3.05) is 6.61 Å². The third-order valence-corrected chi connectivity index (χ3v) is 3.03. The SMILES string of the molecule is O=C(O)C[C@@H]1CCC(=O)[C@@H]1C/C=C/CCO. The second-order valence-electron chi connectivity index (χ2n) is 4.19. The lowest BCUT2D eigenvalue weighted by Gasteiger charge is -2.14. The molecule has 0 aliphatic heterocycles. The number of allylic oxidation sites excluding steroid dienone is 1. The summed E-state index contributed by atoms with van der Waals surface area (Å²) in [5.74, 6) is -0.793. The number of carboxylic acid groups (broad SMARTS) is 1. The van der Waals surface area contributed by atoms with Gasteiger partial charge in [-0.1, -0.05) is 12.2 Å². The molecule has 0 spiro atoms. The number of hydrogen-bond acceptors (Lipinski definition) is 3. The Morgan fingerprint density at radius 1 is 1.44 bits per heavy atom. The van der Waals surface area contributed by atoms with Crippen LogP contribution in [0.2, 0.25) is 0 Å². The van der Waals surface area contributed by atoms with E-state index in [4.69, 9.17) is 10.2 Å². The summed E-state index contributed by atoms with van der Waals surface area (Å²) >= 11 is 0. The standard InChI is InChI=1S/C12H18O4/c13-7-3-1-2-4-10-9(8-12(15)16)5-6-11(10)14/h1-2,9-10,13H,3-8H2,(H,15,16)/b2-1+/t9-,10+/m0/s1. The maximum atomic E-state index is 11.6. The van der Waals surface area contributed by atoms with Crippen LogP contribution >= 0.6 is 0 Å². The Bertz CT molecular complexity index is 283. The molecule has 0 heterocycles. The van der Waals surface area contributed by atoms with Crippen molar-refractivity contribution < 1.29 is 19.8 Å². The van der Waals surface area contributed by atoms with E-state index in [1.54, 1.807) is 0 Å². The van der Waals surface area contributed by atoms with Crippen molar-refractivity contribution >= 4 is 11.8 Å². The van der Waals surface area contributed by atoms with E-state index in [2.05, 4.69) is 0 Å². The summed E-state index contributed by atoms with van der Waals surface area (Å²) in [6.07, 6.45) is 6.20. The van der Waals surface area contributed by atoms with Crippen molar-refractivity contribution in [3.63, 3.8) is 0 Å². The fourth-order valence-corrected chi connectivity index (χ4v) is 2.20. The van der Waals surface area contributed by atoms with Crippen LogP contribution in [0.4, 0.5) is 0 Å². The van der Waals surface area contributed by atoms with Gasteiger partial charge in [0.25, 0.3) is 0 Å². The normalized spacial score (nSPS) is 25.4. The molecule has 1 aliphatic rings. The Hall–Kier alpha value is -1.16. The zero-order valence-electron chi connectivity index (χ0n) is 9.26. The van der Waals surface area contributed by atoms with Gasteiger partial charge in [0.2, 0.25) is 0 Å². The lowest BCUT2D eigenvalue weighted by Crippen LogP contribution is -2.17. The molecule has 2 N–H and O–H groups in total. The minimum atomic E-state index is -0.830. The predicted octanol–water partition coefficient (Wildman–Crippen LogP) is 1.39. The lowest BCUT2D eigenvalue weighted by atomic mass is 9.89. The van der Waals surface area contributed by atoms with E-state index in [9.17, 15) is 9.59 Å². The zero-order chi connectivity index (χ0) is 12.0. The summed E-state index contributed by atoms with van der Waals surface area (Å²) in [4.78, 5) is 22.2. The van der Waals surface area contributed by atoms with E-state index in [1.165, 1.54) is 0 Å². The Morgan fingerprint density at radius 2 is 2.19 bits per heavy atom. The van der Waals surface area contributed by atoms with E-state index in [0.717, 1.165) is 0 Å². The van der Waals surface area contributed by atoms with E-state index in [1.807, 2.05) is 12.2 Å². The number of carbonyl (C=O) groups excluding carboxylic acids is 1. The molecular formula is C12H18O4. The van der Waals surface area contributed by atoms with Gasteiger partial charge in [0, 0.05) is 25.4 Å². The first kappa shape index (κ1) is 12.9. The number of aliphatic carboxylic acids is 1. The van der Waals surface area contributed by atoms with Crippen LogP contribution in [0.25, 0.3) is 0 Å². The van der Waals surface area contributed by atoms with Crippen LogP contribution in [0.15, 0.2) is 12.2 Å². The number of hydrogen-bond donors (Lipinski definition) is 2. The van der Waals surface area contributed by atoms with Gasteiger partial charge in [0.15, 0.2) is 0 Å². The molecule has 0 radical (unpaired) electrons. The van der Waals surface area contributed by atoms with E-state index < -0.39 is 5.97 Å². The summed E-state index contributed by atoms with van der Waals surface area (Å²) in [5.41, 5.74) is 0. The largest absolute Gasteiger partial charge is 0.481 e. The molecule has 16 heavy (non-hydrogen) atoms. The highest BCUT2D eigenvalue weighted by molar-refractivity contribution is 5.84. The second kappa shape index (κ2) is 6.43. The predicted molar refractivity (Wildman–Crippen MR) is 58.9 cm³/mol. The molecule has 0 amide bonds. The summed E-state index contributed by atoms with van der Waals surface area (Å²) in [6.45, 7) is 0.105. The van der Waals surface area contributed by atoms with Gasteiger partial charge in [0.05, 0.1) is 0 Å². The average Bonchev–Trinajstić information content (AvgIpc) is 2.55. The molecule has 2 atom stereocenters. The summed E-state index contributed by atoms with van der Waals surface area (Å²) in [7, 11) is 0. The van der Waals surface area contributed by atoms with Crippen LogP contribution in [0.1, 0.15) is 32.1 Å². The number of carbonyl (C=O) groups is 2. The topological polar surface area (TPSA) is 74.6 Å². The summed E-state index contributed by atoms with van der Waals surface area (Å²) in [6, 6.07) is 0. The smallest absolute Gasteiger partial charge is 0.303 e. The molecule has 1 fully saturated rings. The fourth-order valence-electron chi connectivity index (χ4n) is 2.20. The van der Waals surface area contributed by atoms with Crippen molar-refractivity contribution in [1.82, 2.24) is 0 Å². The molecule has 1 aliphatic carbocycles. The first-order valence-corrected chi connectivity index (χ1v) is 5.65. The van der Waals surface area contributed by atoms with Gasteiger partial charge in [-0.15, -0.1) is 0 Å². The Morgan fingerprint density at radius 3 is 2.81 bits per heavy atom. The van der Waals surface area contributed by atoms with Crippen LogP contribution in [0.3, 0.4) is 0 Å². The Kier molecular flexibility index (Phi) is 5.19. The molecule has 1 saturated carbocycles. The molecular weight excluding hydrogens is 208 g/mol. The molecule has 0 unspecified atom stereocenters. The molecule has 0 aromatic heterocycles. The fraction of sp³-hybridized carbons (Fsp3) is 0.667. The first-order valence-electron chi connectivity index (χ1n) is 5.65. The first-order chi connectivity index (χ1) is 7.65. The molecule has 0 bridgehead atoms. The van der Waals surface area contributed by atoms with Crippen LogP contribution < -0.4 is 0 Å². The van der Waals surface area contributed by atoms with Crippen molar-refractivity contribution in [3.05, 3.63) is 12.2 Å². The highest BCUT2D eigenvalue weighted by atomic mass is 16.4. The molecule has 0 aromatic rings. The molecule has 90 valence electrons. The van der Waals surface area contributed by atoms with Crippen molar-refractivity contribution in [1.29, 1.82) is 0 Å². The number of aliphatic hydroxyl groups excluding tert-OH is 1. The van der Waals surface area contributed by atoms with Crippen LogP contribution in [-0.2, 0) is 9.59 Å². The maximum absolute atomic E-state index is 11.6. The quantitative estimate of drug-likeness (QED) is 0.671. The van der Waals surface area contributed by atoms with Gasteiger partial charge in [-0.05, 0) is 25.2 Å². The average molecular weight is 226 g/mol. The van der Waals surface area contributed by atoms with E-state index in [-0.39, 0.29) is 30.6 Å². The summed E-state index contributed by atoms with van der Waals surface area (Å²) < 4.78 is 0. The molecule has 0 aromatic carbocycles. The van der Waals surface area contributed by atoms with Gasteiger partial charge >= 0.3 is 5.97 Å². The molecule has 4 heteroatoms. The van der Waals surface area contributed by atoms with Crippen LogP contribution in [0, 0.1) is 11.8 Å². The molecule has 0 saturated heterocycles. The summed E-state index contributed by atoms with van der Waals surface area (Å²) in [5, 5.41) is 17.3. The number of ketones is 1. The van der Waals surface area contributed by atoms with Crippen molar-refractivity contribution in [3.8, 4) is 0 Å². The number of carboxylic acids is 1. The van der Waals surface area contributed by atoms with Crippen LogP contribution in [-0.4, -0.2) is 28.6 Å². The third-order valence-electron chi connectivity index (χ3n) is 3.03. The van der Waals surface area contributed by atoms with Gasteiger partial charge in [-0.25, -0.2) is 0 Å². The second-order valence-corrected chi connectivity index (χ2v) is 4.19. The molecule has 4 nitrogen and oxygen atoms in total. The van der Waals surface area contributed by atoms with E-state index in [0.29, 0.717) is 25.7 Å². The van der Waals surface area contributed by atoms with Gasteiger partial charge in [0.1, 0.15) is 5.78 Å². The zero-order valence-corrected chi connectivity index (χ0v) is 9.26. The minimum absolute atomic E-state index is 0.0104. The van der Waals surface area contributed by atoms with Gasteiger partial charge < -0.3 is 10.2 Å². The third kappa shape index (κ3) is 3.77. The highest BCUT2D eigenvalue weighted by Crippen LogP contribution is 2.33. The van der Waals surface area contributed by atoms with Crippen molar-refractivity contribution in [2.24, 2.45) is 11.8 Å². The van der Waals surface area contributed by atoms with Crippen molar-refractivity contribution in [2.45, 2.75) is 32.1 Å². The number of aliphatic hydroxyl groups is 1. The number of Topliss-reactive ketones (excluding diaryl/α,β-unsaturated/α-hetero) is 1. The maximum Gasteiger partial charge on any atom is 0.303 e. The monoisotopic (exact) mass is 226 g/mol.